The van der Waals surface area contributed by atoms with Crippen LogP contribution in [0.3, 0.4) is 0 Å². The minimum atomic E-state index is -0.104. The molecule has 2 N–H and O–H groups in total. The Labute approximate surface area is 125 Å². The van der Waals surface area contributed by atoms with Gasteiger partial charge in [0.25, 0.3) is 5.91 Å². The lowest BCUT2D eigenvalue weighted by molar-refractivity contribution is -0.879. The van der Waals surface area contributed by atoms with Crippen LogP contribution < -0.4 is 10.2 Å². The lowest BCUT2D eigenvalue weighted by atomic mass is 9.81. The van der Waals surface area contributed by atoms with Crippen LogP contribution in [0.5, 0.6) is 0 Å². The molecule has 1 saturated carbocycles. The molecule has 0 bridgehead atoms. The average molecular weight is 296 g/mol. The fourth-order valence-corrected chi connectivity index (χ4v) is 3.31. The van der Waals surface area contributed by atoms with Crippen molar-refractivity contribution in [2.24, 2.45) is 11.8 Å². The summed E-state index contributed by atoms with van der Waals surface area (Å²) in [7, 11) is 1.84. The molecular formula is C15H26N3O3+. The highest BCUT2D eigenvalue weighted by Gasteiger charge is 2.49. The lowest BCUT2D eigenvalue weighted by Gasteiger charge is -2.20. The van der Waals surface area contributed by atoms with Gasteiger partial charge in [0.05, 0.1) is 18.9 Å². The number of carbonyl (C=O) groups excluding carboxylic acids is 3. The number of amides is 3. The van der Waals surface area contributed by atoms with E-state index in [9.17, 15) is 14.4 Å². The number of likely N-dealkylation sites (N-methyl/N-ethyl adjacent to an activating group) is 1. The van der Waals surface area contributed by atoms with E-state index < -0.39 is 0 Å². The molecule has 0 radical (unpaired) electrons. The van der Waals surface area contributed by atoms with Crippen LogP contribution in [0.4, 0.5) is 0 Å². The van der Waals surface area contributed by atoms with Gasteiger partial charge in [-0.15, -0.1) is 0 Å². The van der Waals surface area contributed by atoms with Crippen LogP contribution >= 0.6 is 0 Å². The molecular weight excluding hydrogens is 270 g/mol. The third-order valence-corrected chi connectivity index (χ3v) is 4.39. The minimum Gasteiger partial charge on any atom is -0.351 e. The van der Waals surface area contributed by atoms with Crippen molar-refractivity contribution in [2.75, 3.05) is 26.8 Å². The van der Waals surface area contributed by atoms with Gasteiger partial charge in [-0.3, -0.25) is 14.4 Å². The van der Waals surface area contributed by atoms with Crippen LogP contribution in [0.15, 0.2) is 0 Å². The SMILES string of the molecule is CCCNC(=O)C[NH+](C)CN1C(=O)[C@H]2CCCC[C@H]2C1=O. The molecule has 1 heterocycles. The molecule has 0 spiro atoms. The standard InChI is InChI=1S/C15H25N3O3/c1-3-8-16-13(19)9-17(2)10-18-14(20)11-6-4-5-7-12(11)15(18)21/h11-12H,3-10H2,1-2H3,(H,16,19)/p+1/t11-,12+. The van der Waals surface area contributed by atoms with Gasteiger partial charge in [-0.05, 0) is 19.3 Å². The molecule has 1 unspecified atom stereocenters. The van der Waals surface area contributed by atoms with Crippen molar-refractivity contribution < 1.29 is 19.3 Å². The Morgan fingerprint density at radius 3 is 2.33 bits per heavy atom. The van der Waals surface area contributed by atoms with Crippen LogP contribution in [0, 0.1) is 11.8 Å². The van der Waals surface area contributed by atoms with Gasteiger partial charge in [0.1, 0.15) is 0 Å². The Kier molecular flexibility index (Phi) is 5.33. The Bertz CT molecular complexity index is 400. The summed E-state index contributed by atoms with van der Waals surface area (Å²) < 4.78 is 0. The fraction of sp³-hybridized carbons (Fsp3) is 0.800. The molecule has 3 amide bonds. The van der Waals surface area contributed by atoms with Gasteiger partial charge < -0.3 is 10.2 Å². The summed E-state index contributed by atoms with van der Waals surface area (Å²) in [6.45, 7) is 3.24. The van der Waals surface area contributed by atoms with Crippen LogP contribution in [-0.2, 0) is 14.4 Å². The Hall–Kier alpha value is -1.43. The molecule has 0 aromatic carbocycles. The van der Waals surface area contributed by atoms with Crippen molar-refractivity contribution in [1.82, 2.24) is 10.2 Å². The van der Waals surface area contributed by atoms with Crippen LogP contribution in [0.1, 0.15) is 39.0 Å². The number of carbonyl (C=O) groups is 3. The highest BCUT2D eigenvalue weighted by Crippen LogP contribution is 2.37. The maximum absolute atomic E-state index is 12.3. The van der Waals surface area contributed by atoms with Crippen molar-refractivity contribution in [3.8, 4) is 0 Å². The van der Waals surface area contributed by atoms with Gasteiger partial charge >= 0.3 is 0 Å². The number of imide groups is 1. The van der Waals surface area contributed by atoms with Gasteiger partial charge in [0.2, 0.25) is 11.8 Å². The van der Waals surface area contributed by atoms with Crippen LogP contribution in [0.25, 0.3) is 0 Å². The second kappa shape index (κ2) is 7.02. The normalized spacial score (nSPS) is 26.7. The average Bonchev–Trinajstić information content (AvgIpc) is 2.71. The smallest absolute Gasteiger partial charge is 0.275 e. The summed E-state index contributed by atoms with van der Waals surface area (Å²) in [6, 6.07) is 0. The lowest BCUT2D eigenvalue weighted by Crippen LogP contribution is -3.12. The van der Waals surface area contributed by atoms with Crippen LogP contribution in [0.2, 0.25) is 0 Å². The van der Waals surface area contributed by atoms with E-state index in [0.717, 1.165) is 37.0 Å². The quantitative estimate of drug-likeness (QED) is 0.628. The molecule has 0 aromatic heterocycles. The van der Waals surface area contributed by atoms with Gasteiger partial charge in [0, 0.05) is 6.54 Å². The second-order valence-corrected chi connectivity index (χ2v) is 6.24. The molecule has 1 aliphatic heterocycles. The Morgan fingerprint density at radius 2 is 1.81 bits per heavy atom. The summed E-state index contributed by atoms with van der Waals surface area (Å²) in [5, 5.41) is 2.81. The minimum absolute atomic E-state index is 0.0296. The van der Waals surface area contributed by atoms with Gasteiger partial charge in [-0.1, -0.05) is 19.8 Å². The third-order valence-electron chi connectivity index (χ3n) is 4.39. The van der Waals surface area contributed by atoms with E-state index in [-0.39, 0.29) is 36.1 Å². The molecule has 2 fully saturated rings. The number of hydrogen-bond acceptors (Lipinski definition) is 3. The van der Waals surface area contributed by atoms with E-state index in [4.69, 9.17) is 0 Å². The monoisotopic (exact) mass is 296 g/mol. The number of rotatable bonds is 6. The van der Waals surface area contributed by atoms with E-state index in [1.54, 1.807) is 0 Å². The van der Waals surface area contributed by atoms with Crippen molar-refractivity contribution in [2.45, 2.75) is 39.0 Å². The van der Waals surface area contributed by atoms with Crippen molar-refractivity contribution >= 4 is 17.7 Å². The molecule has 2 rings (SSSR count). The number of hydrogen-bond donors (Lipinski definition) is 2. The molecule has 3 atom stereocenters. The first-order valence-electron chi connectivity index (χ1n) is 7.97. The highest BCUT2D eigenvalue weighted by atomic mass is 16.2. The van der Waals surface area contributed by atoms with E-state index >= 15 is 0 Å². The Morgan fingerprint density at radius 1 is 1.24 bits per heavy atom. The second-order valence-electron chi connectivity index (χ2n) is 6.24. The summed E-state index contributed by atoms with van der Waals surface area (Å²) in [6.07, 6.45) is 4.65. The number of nitrogens with one attached hydrogen (secondary N) is 2. The zero-order chi connectivity index (χ0) is 15.4. The molecule has 0 aromatic rings. The predicted octanol–water partition coefficient (Wildman–Crippen LogP) is -0.840. The first-order chi connectivity index (χ1) is 10.0. The zero-order valence-electron chi connectivity index (χ0n) is 13.0. The first-order valence-corrected chi connectivity index (χ1v) is 7.97. The number of quaternary nitrogens is 1. The summed E-state index contributed by atoms with van der Waals surface area (Å²) in [5.74, 6) is -0.303. The molecule has 118 valence electrons. The molecule has 6 heteroatoms. The zero-order valence-corrected chi connectivity index (χ0v) is 13.0. The number of likely N-dealkylation sites (tertiary alicyclic amines) is 1. The fourth-order valence-electron chi connectivity index (χ4n) is 3.31. The maximum Gasteiger partial charge on any atom is 0.275 e. The largest absolute Gasteiger partial charge is 0.351 e. The molecule has 6 nitrogen and oxygen atoms in total. The molecule has 1 aliphatic carbocycles. The maximum atomic E-state index is 12.3. The first kappa shape index (κ1) is 15.9. The topological polar surface area (TPSA) is 70.9 Å². The molecule has 21 heavy (non-hydrogen) atoms. The van der Waals surface area contributed by atoms with Crippen molar-refractivity contribution in [1.29, 1.82) is 0 Å². The van der Waals surface area contributed by atoms with Gasteiger partial charge in [0.15, 0.2) is 13.2 Å². The van der Waals surface area contributed by atoms with Gasteiger partial charge in [-0.25, -0.2) is 4.90 Å². The third kappa shape index (κ3) is 3.61. The summed E-state index contributed by atoms with van der Waals surface area (Å²) in [5.41, 5.74) is 0. The van der Waals surface area contributed by atoms with E-state index in [0.29, 0.717) is 13.2 Å². The van der Waals surface area contributed by atoms with Crippen molar-refractivity contribution in [3.05, 3.63) is 0 Å². The summed E-state index contributed by atoms with van der Waals surface area (Å²) in [4.78, 5) is 38.6. The van der Waals surface area contributed by atoms with Crippen molar-refractivity contribution in [3.63, 3.8) is 0 Å². The van der Waals surface area contributed by atoms with E-state index in [1.807, 2.05) is 14.0 Å². The van der Waals surface area contributed by atoms with Gasteiger partial charge in [-0.2, -0.15) is 0 Å². The number of nitrogens with zero attached hydrogens (tertiary/aromatic N) is 1. The predicted molar refractivity (Wildman–Crippen MR) is 77.2 cm³/mol. The Balaban J connectivity index is 1.88. The van der Waals surface area contributed by atoms with E-state index in [1.165, 1.54) is 4.90 Å². The molecule has 1 saturated heterocycles. The molecule has 2 aliphatic rings. The summed E-state index contributed by atoms with van der Waals surface area (Å²) >= 11 is 0. The van der Waals surface area contributed by atoms with E-state index in [2.05, 4.69) is 5.32 Å². The number of fused-ring (bicyclic) bond motifs is 1. The highest BCUT2D eigenvalue weighted by molar-refractivity contribution is 6.05. The van der Waals surface area contributed by atoms with Crippen LogP contribution in [-0.4, -0.2) is 49.4 Å².